The fourth-order valence-corrected chi connectivity index (χ4v) is 3.08. The lowest BCUT2D eigenvalue weighted by atomic mass is 10.1. The summed E-state index contributed by atoms with van der Waals surface area (Å²) in [6, 6.07) is 1.31. The molecule has 1 atom stereocenters. The lowest BCUT2D eigenvalue weighted by molar-refractivity contribution is 0.491. The van der Waals surface area contributed by atoms with Gasteiger partial charge in [0.15, 0.2) is 0 Å². The molecule has 1 fully saturated rings. The minimum absolute atomic E-state index is 0.0460. The zero-order valence-electron chi connectivity index (χ0n) is 10.1. The summed E-state index contributed by atoms with van der Waals surface area (Å²) in [5, 5.41) is 0.146. The third kappa shape index (κ3) is 3.13. The first kappa shape index (κ1) is 13.6. The molecule has 1 aliphatic rings. The van der Waals surface area contributed by atoms with E-state index in [-0.39, 0.29) is 15.7 Å². The van der Waals surface area contributed by atoms with Gasteiger partial charge < -0.3 is 5.73 Å². The molecule has 0 aliphatic heterocycles. The van der Waals surface area contributed by atoms with Crippen LogP contribution in [-0.2, 0) is 10.0 Å². The molecule has 1 saturated carbocycles. The van der Waals surface area contributed by atoms with E-state index in [4.69, 9.17) is 17.3 Å². The molecule has 0 amide bonds. The van der Waals surface area contributed by atoms with E-state index in [9.17, 15) is 8.42 Å². The van der Waals surface area contributed by atoms with Gasteiger partial charge in [0.05, 0.1) is 5.02 Å². The monoisotopic (exact) mass is 289 g/mol. The first-order valence-corrected chi connectivity index (χ1v) is 7.67. The van der Waals surface area contributed by atoms with Crippen LogP contribution in [-0.4, -0.2) is 19.9 Å². The van der Waals surface area contributed by atoms with Gasteiger partial charge in [-0.15, -0.1) is 0 Å². The molecule has 0 spiro atoms. The summed E-state index contributed by atoms with van der Waals surface area (Å²) < 4.78 is 26.6. The minimum Gasteiger partial charge on any atom is -0.382 e. The molecule has 1 aromatic rings. The lowest BCUT2D eigenvalue weighted by Gasteiger charge is -2.12. The van der Waals surface area contributed by atoms with E-state index in [0.717, 1.165) is 0 Å². The maximum Gasteiger partial charge on any atom is 0.242 e. The molecule has 0 radical (unpaired) electrons. The van der Waals surface area contributed by atoms with Gasteiger partial charge in [-0.3, -0.25) is 0 Å². The van der Waals surface area contributed by atoms with Crippen LogP contribution in [0.1, 0.15) is 19.8 Å². The van der Waals surface area contributed by atoms with Gasteiger partial charge in [-0.05, 0) is 30.7 Å². The molecule has 7 heteroatoms. The Morgan fingerprint density at radius 2 is 2.28 bits per heavy atom. The number of aromatic nitrogens is 1. The topological polar surface area (TPSA) is 85.1 Å². The third-order valence-corrected chi connectivity index (χ3v) is 4.87. The number of rotatable bonds is 5. The van der Waals surface area contributed by atoms with Crippen LogP contribution >= 0.6 is 11.6 Å². The Balaban J connectivity index is 2.07. The largest absolute Gasteiger partial charge is 0.382 e. The highest BCUT2D eigenvalue weighted by Gasteiger charge is 2.28. The predicted molar refractivity (Wildman–Crippen MR) is 70.7 cm³/mol. The van der Waals surface area contributed by atoms with E-state index >= 15 is 0 Å². The average Bonchev–Trinajstić information content (AvgIpc) is 3.13. The fourth-order valence-electron chi connectivity index (χ4n) is 1.73. The van der Waals surface area contributed by atoms with Gasteiger partial charge in [0.25, 0.3) is 0 Å². The molecule has 2 rings (SSSR count). The molecule has 1 unspecified atom stereocenters. The van der Waals surface area contributed by atoms with Gasteiger partial charge in [0, 0.05) is 12.7 Å². The second-order valence-electron chi connectivity index (χ2n) is 4.70. The van der Waals surface area contributed by atoms with Crippen molar-refractivity contribution < 1.29 is 8.42 Å². The number of halogens is 1. The van der Waals surface area contributed by atoms with Crippen LogP contribution in [0.5, 0.6) is 0 Å². The Morgan fingerprint density at radius 1 is 1.61 bits per heavy atom. The van der Waals surface area contributed by atoms with Gasteiger partial charge in [-0.2, -0.15) is 0 Å². The average molecular weight is 290 g/mol. The van der Waals surface area contributed by atoms with E-state index in [1.807, 2.05) is 6.92 Å². The maximum atomic E-state index is 12.0. The van der Waals surface area contributed by atoms with Crippen LogP contribution in [0.3, 0.4) is 0 Å². The summed E-state index contributed by atoms with van der Waals surface area (Å²) in [5.41, 5.74) is 5.44. The Hall–Kier alpha value is -0.850. The molecule has 5 nitrogen and oxygen atoms in total. The molecule has 18 heavy (non-hydrogen) atoms. The Bertz CT molecular complexity index is 543. The molecule has 1 aromatic heterocycles. The molecule has 100 valence electrons. The van der Waals surface area contributed by atoms with Gasteiger partial charge in [0.1, 0.15) is 10.7 Å². The number of hydrogen-bond acceptors (Lipinski definition) is 4. The summed E-state index contributed by atoms with van der Waals surface area (Å²) in [6.07, 6.45) is 3.60. The number of nitrogens with one attached hydrogen (secondary N) is 1. The quantitative estimate of drug-likeness (QED) is 0.863. The number of nitrogens with two attached hydrogens (primary N) is 1. The fraction of sp³-hybridized carbons (Fsp3) is 0.545. The second-order valence-corrected chi connectivity index (χ2v) is 6.88. The number of hydrogen-bond donors (Lipinski definition) is 2. The molecule has 0 bridgehead atoms. The zero-order chi connectivity index (χ0) is 13.3. The normalized spacial score (nSPS) is 17.7. The zero-order valence-corrected chi connectivity index (χ0v) is 11.6. The van der Waals surface area contributed by atoms with Crippen molar-refractivity contribution >= 4 is 27.4 Å². The molecule has 0 saturated heterocycles. The van der Waals surface area contributed by atoms with Crippen LogP contribution < -0.4 is 10.5 Å². The lowest BCUT2D eigenvalue weighted by Crippen LogP contribution is -2.29. The van der Waals surface area contributed by atoms with Crippen molar-refractivity contribution in [3.05, 3.63) is 17.3 Å². The molecular formula is C11H16ClN3O2S. The van der Waals surface area contributed by atoms with Gasteiger partial charge in [-0.1, -0.05) is 18.5 Å². The SMILES string of the molecule is CC(CNS(=O)(=O)c1cnc(N)c(Cl)c1)C1CC1. The number of pyridine rings is 1. The summed E-state index contributed by atoms with van der Waals surface area (Å²) in [6.45, 7) is 2.49. The van der Waals surface area contributed by atoms with Crippen LogP contribution in [0.4, 0.5) is 5.82 Å². The van der Waals surface area contributed by atoms with Crippen LogP contribution in [0.15, 0.2) is 17.2 Å². The predicted octanol–water partition coefficient (Wildman–Crippen LogP) is 1.64. The summed E-state index contributed by atoms with van der Waals surface area (Å²) in [5.74, 6) is 1.14. The first-order valence-electron chi connectivity index (χ1n) is 5.81. The number of nitrogens with zero attached hydrogens (tertiary/aromatic N) is 1. The minimum atomic E-state index is -3.55. The van der Waals surface area contributed by atoms with Gasteiger partial charge in [-0.25, -0.2) is 18.1 Å². The molecule has 1 aliphatic carbocycles. The summed E-state index contributed by atoms with van der Waals surface area (Å²) >= 11 is 5.76. The van der Waals surface area contributed by atoms with E-state index in [1.165, 1.54) is 25.1 Å². The third-order valence-electron chi connectivity index (χ3n) is 3.18. The summed E-state index contributed by atoms with van der Waals surface area (Å²) in [7, 11) is -3.55. The highest BCUT2D eigenvalue weighted by molar-refractivity contribution is 7.89. The van der Waals surface area contributed by atoms with Gasteiger partial charge in [0.2, 0.25) is 10.0 Å². The molecule has 3 N–H and O–H groups in total. The van der Waals surface area contributed by atoms with E-state index < -0.39 is 10.0 Å². The molecular weight excluding hydrogens is 274 g/mol. The van der Waals surface area contributed by atoms with E-state index in [1.54, 1.807) is 0 Å². The maximum absolute atomic E-state index is 12.0. The highest BCUT2D eigenvalue weighted by Crippen LogP contribution is 2.36. The first-order chi connectivity index (χ1) is 8.40. The van der Waals surface area contributed by atoms with Gasteiger partial charge >= 0.3 is 0 Å². The summed E-state index contributed by atoms with van der Waals surface area (Å²) in [4.78, 5) is 3.79. The van der Waals surface area contributed by atoms with E-state index in [2.05, 4.69) is 9.71 Å². The smallest absolute Gasteiger partial charge is 0.242 e. The van der Waals surface area contributed by atoms with Crippen molar-refractivity contribution in [2.45, 2.75) is 24.7 Å². The Morgan fingerprint density at radius 3 is 2.83 bits per heavy atom. The van der Waals surface area contributed by atoms with Crippen LogP contribution in [0, 0.1) is 11.8 Å². The van der Waals surface area contributed by atoms with Crippen molar-refractivity contribution in [1.82, 2.24) is 9.71 Å². The second kappa shape index (κ2) is 5.03. The number of sulfonamides is 1. The number of nitrogen functional groups attached to an aromatic ring is 1. The van der Waals surface area contributed by atoms with Crippen molar-refractivity contribution in [3.8, 4) is 0 Å². The van der Waals surface area contributed by atoms with E-state index in [0.29, 0.717) is 18.4 Å². The Kier molecular flexibility index (Phi) is 3.79. The molecule has 1 heterocycles. The van der Waals surface area contributed by atoms with Crippen molar-refractivity contribution in [3.63, 3.8) is 0 Å². The van der Waals surface area contributed by atoms with Crippen molar-refractivity contribution in [2.75, 3.05) is 12.3 Å². The highest BCUT2D eigenvalue weighted by atomic mass is 35.5. The number of anilines is 1. The Labute approximate surface area is 112 Å². The van der Waals surface area contributed by atoms with Crippen molar-refractivity contribution in [1.29, 1.82) is 0 Å². The van der Waals surface area contributed by atoms with Crippen LogP contribution in [0.25, 0.3) is 0 Å². The standard InChI is InChI=1S/C11H16ClN3O2S/c1-7(8-2-3-8)5-15-18(16,17)9-4-10(12)11(13)14-6-9/h4,6-8,15H,2-3,5H2,1H3,(H2,13,14). The van der Waals surface area contributed by atoms with Crippen molar-refractivity contribution in [2.24, 2.45) is 11.8 Å². The van der Waals surface area contributed by atoms with Crippen LogP contribution in [0.2, 0.25) is 5.02 Å². The molecule has 0 aromatic carbocycles.